The van der Waals surface area contributed by atoms with Crippen LogP contribution in [0.3, 0.4) is 0 Å². The van der Waals surface area contributed by atoms with E-state index in [9.17, 15) is 4.21 Å². The van der Waals surface area contributed by atoms with Crippen LogP contribution in [-0.4, -0.2) is 20.4 Å². The topological polar surface area (TPSA) is 42.9 Å². The summed E-state index contributed by atoms with van der Waals surface area (Å²) in [7, 11) is -1.24. The highest BCUT2D eigenvalue weighted by molar-refractivity contribution is 7.84. The van der Waals surface area contributed by atoms with E-state index < -0.39 is 10.8 Å². The number of nitrogens with zero attached hydrogens (tertiary/aromatic N) is 2. The predicted molar refractivity (Wildman–Crippen MR) is 61.9 cm³/mol. The van der Waals surface area contributed by atoms with Gasteiger partial charge in [0.15, 0.2) is 10.2 Å². The van der Waals surface area contributed by atoms with E-state index in [0.29, 0.717) is 21.1 Å². The molecule has 1 unspecified atom stereocenters. The summed E-state index contributed by atoms with van der Waals surface area (Å²) < 4.78 is 11.3. The van der Waals surface area contributed by atoms with Crippen LogP contribution < -0.4 is 0 Å². The van der Waals surface area contributed by atoms with Crippen LogP contribution in [0, 0.1) is 0 Å². The smallest absolute Gasteiger partial charge is 0.164 e. The highest BCUT2D eigenvalue weighted by Gasteiger charge is 2.09. The van der Waals surface area contributed by atoms with Gasteiger partial charge in [-0.05, 0) is 18.2 Å². The maximum absolute atomic E-state index is 11.3. The first-order valence-electron chi connectivity index (χ1n) is 4.04. The number of halogens is 2. The molecule has 0 aliphatic carbocycles. The fraction of sp³-hybridized carbons (Fsp3) is 0.111. The van der Waals surface area contributed by atoms with Crippen molar-refractivity contribution in [2.24, 2.45) is 0 Å². The van der Waals surface area contributed by atoms with Gasteiger partial charge in [-0.25, -0.2) is 9.97 Å². The molecule has 2 rings (SSSR count). The van der Waals surface area contributed by atoms with Gasteiger partial charge < -0.3 is 0 Å². The minimum absolute atomic E-state index is 0.158. The largest absolute Gasteiger partial charge is 0.253 e. The Morgan fingerprint density at radius 2 is 1.93 bits per heavy atom. The Morgan fingerprint density at radius 1 is 1.20 bits per heavy atom. The first-order valence-corrected chi connectivity index (χ1v) is 6.35. The summed E-state index contributed by atoms with van der Waals surface area (Å²) in [4.78, 5) is 8.25. The minimum atomic E-state index is -1.24. The minimum Gasteiger partial charge on any atom is -0.253 e. The average Bonchev–Trinajstić information content (AvgIpc) is 2.15. The van der Waals surface area contributed by atoms with Gasteiger partial charge in [0.2, 0.25) is 0 Å². The zero-order valence-corrected chi connectivity index (χ0v) is 10.0. The Balaban J connectivity index is 2.76. The summed E-state index contributed by atoms with van der Waals surface area (Å²) >= 11 is 11.6. The van der Waals surface area contributed by atoms with Crippen LogP contribution in [0.15, 0.2) is 23.2 Å². The van der Waals surface area contributed by atoms with Gasteiger partial charge in [-0.2, -0.15) is 0 Å². The first kappa shape index (κ1) is 10.8. The summed E-state index contributed by atoms with van der Waals surface area (Å²) in [5.74, 6) is 0. The lowest BCUT2D eigenvalue weighted by atomic mass is 10.3. The molecule has 1 aromatic carbocycles. The van der Waals surface area contributed by atoms with Crippen LogP contribution in [-0.2, 0) is 10.8 Å². The first-order chi connectivity index (χ1) is 7.08. The number of hydrogen-bond acceptors (Lipinski definition) is 3. The molecular weight excluding hydrogens is 255 g/mol. The zero-order valence-electron chi connectivity index (χ0n) is 7.70. The second-order valence-corrected chi connectivity index (χ2v) is 5.00. The summed E-state index contributed by atoms with van der Waals surface area (Å²) in [6.45, 7) is 0. The van der Waals surface area contributed by atoms with E-state index in [2.05, 4.69) is 9.97 Å². The van der Waals surface area contributed by atoms with Crippen LogP contribution in [0.4, 0.5) is 0 Å². The molecule has 0 spiro atoms. The van der Waals surface area contributed by atoms with Gasteiger partial charge in [0, 0.05) is 11.3 Å². The van der Waals surface area contributed by atoms with Crippen molar-refractivity contribution in [2.75, 3.05) is 6.26 Å². The van der Waals surface area contributed by atoms with Crippen LogP contribution in [0.5, 0.6) is 0 Å². The number of benzene rings is 1. The molecule has 0 saturated carbocycles. The van der Waals surface area contributed by atoms with E-state index >= 15 is 0 Å². The van der Waals surface area contributed by atoms with Crippen molar-refractivity contribution in [3.63, 3.8) is 0 Å². The molecule has 3 nitrogen and oxygen atoms in total. The highest BCUT2D eigenvalue weighted by atomic mass is 35.5. The molecule has 2 aromatic rings. The van der Waals surface area contributed by atoms with Crippen molar-refractivity contribution in [1.82, 2.24) is 9.97 Å². The molecule has 0 fully saturated rings. The van der Waals surface area contributed by atoms with Crippen molar-refractivity contribution in [3.05, 3.63) is 28.4 Å². The maximum Gasteiger partial charge on any atom is 0.164 e. The molecule has 1 heterocycles. The summed E-state index contributed by atoms with van der Waals surface area (Å²) in [6, 6.07) is 5.09. The van der Waals surface area contributed by atoms with Crippen LogP contribution >= 0.6 is 23.2 Å². The predicted octanol–water partition coefficient (Wildman–Crippen LogP) is 2.67. The van der Waals surface area contributed by atoms with Gasteiger partial charge in [0.05, 0.1) is 21.8 Å². The molecule has 0 saturated heterocycles. The Labute approximate surface area is 98.9 Å². The standard InChI is InChI=1S/C9H6Cl2N2OS/c1-15(14)9-8(11)12-7-4-5(10)2-3-6(7)13-9/h2-4H,1H3. The van der Waals surface area contributed by atoms with Gasteiger partial charge in [0.25, 0.3) is 0 Å². The lowest BCUT2D eigenvalue weighted by Crippen LogP contribution is -1.97. The molecule has 0 bridgehead atoms. The Morgan fingerprint density at radius 3 is 2.60 bits per heavy atom. The lowest BCUT2D eigenvalue weighted by Gasteiger charge is -2.02. The fourth-order valence-electron chi connectivity index (χ4n) is 1.17. The summed E-state index contributed by atoms with van der Waals surface area (Å²) in [5, 5.41) is 1.02. The van der Waals surface area contributed by atoms with E-state index in [-0.39, 0.29) is 5.15 Å². The van der Waals surface area contributed by atoms with E-state index in [4.69, 9.17) is 23.2 Å². The van der Waals surface area contributed by atoms with Crippen molar-refractivity contribution in [1.29, 1.82) is 0 Å². The third kappa shape index (κ3) is 2.12. The van der Waals surface area contributed by atoms with E-state index in [0.717, 1.165) is 0 Å². The Bertz CT molecular complexity index is 559. The number of rotatable bonds is 1. The van der Waals surface area contributed by atoms with Crippen molar-refractivity contribution in [2.45, 2.75) is 5.03 Å². The average molecular weight is 261 g/mol. The Hall–Kier alpha value is -0.710. The van der Waals surface area contributed by atoms with Crippen molar-refractivity contribution in [3.8, 4) is 0 Å². The van der Waals surface area contributed by atoms with Crippen molar-refractivity contribution >= 4 is 45.0 Å². The van der Waals surface area contributed by atoms with Gasteiger partial charge in [0.1, 0.15) is 0 Å². The molecule has 0 aliphatic rings. The van der Waals surface area contributed by atoms with Gasteiger partial charge in [-0.15, -0.1) is 0 Å². The van der Waals surface area contributed by atoms with Crippen LogP contribution in [0.25, 0.3) is 11.0 Å². The third-order valence-corrected chi connectivity index (χ3v) is 3.27. The third-order valence-electron chi connectivity index (χ3n) is 1.83. The van der Waals surface area contributed by atoms with Crippen LogP contribution in [0.1, 0.15) is 0 Å². The van der Waals surface area contributed by atoms with Crippen molar-refractivity contribution < 1.29 is 4.21 Å². The molecule has 1 aromatic heterocycles. The van der Waals surface area contributed by atoms with Crippen LogP contribution in [0.2, 0.25) is 10.2 Å². The number of fused-ring (bicyclic) bond motifs is 1. The normalized spacial score (nSPS) is 13.0. The van der Waals surface area contributed by atoms with Gasteiger partial charge >= 0.3 is 0 Å². The quantitative estimate of drug-likeness (QED) is 0.792. The second kappa shape index (κ2) is 4.04. The molecule has 15 heavy (non-hydrogen) atoms. The molecule has 6 heteroatoms. The highest BCUT2D eigenvalue weighted by Crippen LogP contribution is 2.21. The van der Waals surface area contributed by atoms with Gasteiger partial charge in [-0.1, -0.05) is 23.2 Å². The fourth-order valence-corrected chi connectivity index (χ4v) is 2.31. The molecule has 0 radical (unpaired) electrons. The molecule has 0 N–H and O–H groups in total. The van der Waals surface area contributed by atoms with Gasteiger partial charge in [-0.3, -0.25) is 4.21 Å². The van der Waals surface area contributed by atoms with E-state index in [1.807, 2.05) is 0 Å². The molecule has 0 amide bonds. The molecular formula is C9H6Cl2N2OS. The zero-order chi connectivity index (χ0) is 11.0. The van der Waals surface area contributed by atoms with E-state index in [1.54, 1.807) is 18.2 Å². The monoisotopic (exact) mass is 260 g/mol. The number of hydrogen-bond donors (Lipinski definition) is 0. The maximum atomic E-state index is 11.3. The second-order valence-electron chi connectivity index (χ2n) is 2.91. The molecule has 78 valence electrons. The SMILES string of the molecule is CS(=O)c1nc2ccc(Cl)cc2nc1Cl. The van der Waals surface area contributed by atoms with E-state index in [1.165, 1.54) is 6.26 Å². The molecule has 0 aliphatic heterocycles. The molecule has 1 atom stereocenters. The summed E-state index contributed by atoms with van der Waals surface area (Å²) in [6.07, 6.45) is 1.51. The summed E-state index contributed by atoms with van der Waals surface area (Å²) in [5.41, 5.74) is 1.23. The lowest BCUT2D eigenvalue weighted by molar-refractivity contribution is 0.684. The number of aromatic nitrogens is 2. The Kier molecular flexibility index (Phi) is 2.91.